The molecule has 0 bridgehead atoms. The van der Waals surface area contributed by atoms with Crippen molar-refractivity contribution in [3.63, 3.8) is 0 Å². The van der Waals surface area contributed by atoms with Gasteiger partial charge in [0, 0.05) is 19.1 Å². The minimum absolute atomic E-state index is 0.0584. The molecule has 4 N–H and O–H groups in total. The molecule has 2 atom stereocenters. The van der Waals surface area contributed by atoms with Gasteiger partial charge in [-0.1, -0.05) is 13.8 Å². The number of nitrogens with zero attached hydrogens (tertiary/aromatic N) is 1. The van der Waals surface area contributed by atoms with Gasteiger partial charge in [-0.3, -0.25) is 10.2 Å². The Kier molecular flexibility index (Phi) is 8.40. The van der Waals surface area contributed by atoms with E-state index in [-0.39, 0.29) is 5.50 Å². The van der Waals surface area contributed by atoms with Crippen molar-refractivity contribution >= 4 is 12.6 Å². The molecule has 16 heavy (non-hydrogen) atoms. The van der Waals surface area contributed by atoms with Crippen LogP contribution in [0.4, 0.5) is 0 Å². The van der Waals surface area contributed by atoms with Gasteiger partial charge in [-0.2, -0.15) is 0 Å². The molecule has 0 radical (unpaired) electrons. The predicted octanol–water partition coefficient (Wildman–Crippen LogP) is 0.823. The third-order valence-corrected chi connectivity index (χ3v) is 2.93. The molecule has 4 nitrogen and oxygen atoms in total. The standard InChI is InChI=1S/C11H27N3OS/c1-8(2)5-6-14(9(3)4)11(16)13-7-10(12)15/h8-11,13,15-16H,5-7,12H2,1-4H3. The van der Waals surface area contributed by atoms with E-state index in [1.807, 2.05) is 0 Å². The van der Waals surface area contributed by atoms with Crippen molar-refractivity contribution in [1.29, 1.82) is 0 Å². The predicted molar refractivity (Wildman–Crippen MR) is 72.3 cm³/mol. The molecule has 0 saturated heterocycles. The topological polar surface area (TPSA) is 61.5 Å². The number of nitrogens with two attached hydrogens (primary N) is 1. The number of aliphatic hydroxyl groups is 1. The monoisotopic (exact) mass is 249 g/mol. The van der Waals surface area contributed by atoms with Crippen molar-refractivity contribution in [2.45, 2.75) is 51.9 Å². The number of hydrogen-bond acceptors (Lipinski definition) is 5. The molecule has 0 fully saturated rings. The fourth-order valence-corrected chi connectivity index (χ4v) is 1.90. The highest BCUT2D eigenvalue weighted by atomic mass is 32.1. The first-order chi connectivity index (χ1) is 7.34. The molecule has 0 spiro atoms. The van der Waals surface area contributed by atoms with Crippen LogP contribution in [0.1, 0.15) is 34.1 Å². The lowest BCUT2D eigenvalue weighted by Gasteiger charge is -2.33. The largest absolute Gasteiger partial charge is 0.377 e. The summed E-state index contributed by atoms with van der Waals surface area (Å²) >= 11 is 4.49. The van der Waals surface area contributed by atoms with Crippen LogP contribution in [0, 0.1) is 5.92 Å². The van der Waals surface area contributed by atoms with E-state index >= 15 is 0 Å². The molecule has 0 heterocycles. The van der Waals surface area contributed by atoms with Crippen LogP contribution >= 0.6 is 12.6 Å². The summed E-state index contributed by atoms with van der Waals surface area (Å²) in [5.74, 6) is 0.682. The molecule has 0 aliphatic heterocycles. The minimum atomic E-state index is -0.825. The summed E-state index contributed by atoms with van der Waals surface area (Å²) in [6, 6.07) is 0.420. The third-order valence-electron chi connectivity index (χ3n) is 2.45. The van der Waals surface area contributed by atoms with E-state index in [0.717, 1.165) is 13.0 Å². The quantitative estimate of drug-likeness (QED) is 0.380. The van der Waals surface area contributed by atoms with Gasteiger partial charge >= 0.3 is 0 Å². The van der Waals surface area contributed by atoms with Gasteiger partial charge in [0.05, 0.1) is 0 Å². The Hall–Kier alpha value is 0.190. The lowest BCUT2D eigenvalue weighted by atomic mass is 10.1. The van der Waals surface area contributed by atoms with Crippen LogP contribution in [0.15, 0.2) is 0 Å². The van der Waals surface area contributed by atoms with E-state index in [4.69, 9.17) is 10.8 Å². The zero-order chi connectivity index (χ0) is 12.7. The van der Waals surface area contributed by atoms with Crippen LogP contribution in [-0.4, -0.2) is 40.9 Å². The van der Waals surface area contributed by atoms with Crippen LogP contribution in [0.5, 0.6) is 0 Å². The van der Waals surface area contributed by atoms with Gasteiger partial charge in [-0.15, -0.1) is 12.6 Å². The average molecular weight is 249 g/mol. The van der Waals surface area contributed by atoms with E-state index in [2.05, 4.69) is 50.5 Å². The Balaban J connectivity index is 4.08. The summed E-state index contributed by atoms with van der Waals surface area (Å²) in [5, 5.41) is 12.1. The zero-order valence-corrected chi connectivity index (χ0v) is 11.7. The van der Waals surface area contributed by atoms with Gasteiger partial charge in [0.1, 0.15) is 11.7 Å². The van der Waals surface area contributed by atoms with Crippen LogP contribution in [0.3, 0.4) is 0 Å². The van der Waals surface area contributed by atoms with E-state index < -0.39 is 6.23 Å². The highest BCUT2D eigenvalue weighted by Crippen LogP contribution is 2.10. The van der Waals surface area contributed by atoms with Gasteiger partial charge in [0.25, 0.3) is 0 Å². The van der Waals surface area contributed by atoms with E-state index in [1.165, 1.54) is 0 Å². The Morgan fingerprint density at radius 2 is 1.88 bits per heavy atom. The summed E-state index contributed by atoms with van der Waals surface area (Å²) in [5.41, 5.74) is 5.22. The van der Waals surface area contributed by atoms with Crippen molar-refractivity contribution < 1.29 is 5.11 Å². The maximum Gasteiger partial charge on any atom is 0.115 e. The van der Waals surface area contributed by atoms with Crippen molar-refractivity contribution in [3.8, 4) is 0 Å². The number of aliphatic hydroxyl groups excluding tert-OH is 1. The fourth-order valence-electron chi connectivity index (χ4n) is 1.41. The first-order valence-corrected chi connectivity index (χ1v) is 6.47. The summed E-state index contributed by atoms with van der Waals surface area (Å²) < 4.78 is 0. The minimum Gasteiger partial charge on any atom is -0.377 e. The third kappa shape index (κ3) is 7.46. The molecular formula is C11H27N3OS. The van der Waals surface area contributed by atoms with E-state index in [9.17, 15) is 0 Å². The summed E-state index contributed by atoms with van der Waals surface area (Å²) in [7, 11) is 0. The Morgan fingerprint density at radius 1 is 1.31 bits per heavy atom. The summed E-state index contributed by atoms with van der Waals surface area (Å²) in [6.07, 6.45) is 0.316. The maximum absolute atomic E-state index is 9.00. The number of rotatable bonds is 8. The first kappa shape index (κ1) is 16.2. The summed E-state index contributed by atoms with van der Waals surface area (Å²) in [6.45, 7) is 10.1. The van der Waals surface area contributed by atoms with Gasteiger partial charge in [0.2, 0.25) is 0 Å². The summed E-state index contributed by atoms with van der Waals surface area (Å²) in [4.78, 5) is 2.26. The first-order valence-electron chi connectivity index (χ1n) is 5.95. The maximum atomic E-state index is 9.00. The smallest absolute Gasteiger partial charge is 0.115 e. The van der Waals surface area contributed by atoms with Crippen LogP contribution < -0.4 is 11.1 Å². The number of thiol groups is 1. The Bertz CT molecular complexity index is 177. The normalized spacial score (nSPS) is 16.1. The molecular weight excluding hydrogens is 222 g/mol. The van der Waals surface area contributed by atoms with Gasteiger partial charge < -0.3 is 10.8 Å². The molecule has 0 aliphatic carbocycles. The SMILES string of the molecule is CC(C)CCN(C(C)C)C(S)NCC(N)O. The number of nitrogens with one attached hydrogen (secondary N) is 1. The van der Waals surface area contributed by atoms with E-state index in [1.54, 1.807) is 0 Å². The molecule has 0 aromatic carbocycles. The number of hydrogen-bond donors (Lipinski definition) is 4. The van der Waals surface area contributed by atoms with E-state index in [0.29, 0.717) is 18.5 Å². The lowest BCUT2D eigenvalue weighted by Crippen LogP contribution is -2.49. The Labute approximate surface area is 105 Å². The molecule has 5 heteroatoms. The average Bonchev–Trinajstić information content (AvgIpc) is 2.13. The molecule has 0 aliphatic rings. The highest BCUT2D eigenvalue weighted by molar-refractivity contribution is 7.80. The Morgan fingerprint density at radius 3 is 2.25 bits per heavy atom. The van der Waals surface area contributed by atoms with Gasteiger partial charge in [-0.05, 0) is 26.2 Å². The zero-order valence-electron chi connectivity index (χ0n) is 10.8. The molecule has 98 valence electrons. The van der Waals surface area contributed by atoms with Crippen molar-refractivity contribution in [2.75, 3.05) is 13.1 Å². The second-order valence-electron chi connectivity index (χ2n) is 4.86. The molecule has 0 rings (SSSR count). The highest BCUT2D eigenvalue weighted by Gasteiger charge is 2.17. The molecule has 0 amide bonds. The van der Waals surface area contributed by atoms with Gasteiger partial charge in [0.15, 0.2) is 0 Å². The van der Waals surface area contributed by atoms with Crippen molar-refractivity contribution in [2.24, 2.45) is 11.7 Å². The lowest BCUT2D eigenvalue weighted by molar-refractivity contribution is 0.139. The molecule has 0 aromatic rings. The van der Waals surface area contributed by atoms with Crippen molar-refractivity contribution in [3.05, 3.63) is 0 Å². The van der Waals surface area contributed by atoms with Crippen LogP contribution in [0.2, 0.25) is 0 Å². The second-order valence-corrected chi connectivity index (χ2v) is 5.35. The molecule has 2 unspecified atom stereocenters. The molecule has 0 saturated carbocycles. The van der Waals surface area contributed by atoms with Crippen LogP contribution in [0.25, 0.3) is 0 Å². The second kappa shape index (κ2) is 8.31. The van der Waals surface area contributed by atoms with Crippen molar-refractivity contribution in [1.82, 2.24) is 10.2 Å². The van der Waals surface area contributed by atoms with Gasteiger partial charge in [-0.25, -0.2) is 0 Å². The molecule has 0 aromatic heterocycles. The van der Waals surface area contributed by atoms with Crippen LogP contribution in [-0.2, 0) is 0 Å². The fraction of sp³-hybridized carbons (Fsp3) is 1.00.